The highest BCUT2D eigenvalue weighted by molar-refractivity contribution is 9.09. The molecule has 2 aliphatic rings. The minimum atomic E-state index is -0.425. The average molecular weight is 527 g/mol. The number of nitrogens with zero attached hydrogens (tertiary/aromatic N) is 2. The number of alkyl halides is 1. The van der Waals surface area contributed by atoms with E-state index in [1.54, 1.807) is 12.1 Å². The number of hydrogen-bond acceptors (Lipinski definition) is 6. The summed E-state index contributed by atoms with van der Waals surface area (Å²) < 4.78 is 16.2. The van der Waals surface area contributed by atoms with Crippen molar-refractivity contribution in [2.24, 2.45) is 0 Å². The van der Waals surface area contributed by atoms with E-state index in [0.29, 0.717) is 33.0 Å². The van der Waals surface area contributed by atoms with Gasteiger partial charge >= 0.3 is 0 Å². The van der Waals surface area contributed by atoms with Crippen molar-refractivity contribution in [1.29, 1.82) is 10.5 Å². The molecule has 0 aromatic heterocycles. The molecule has 2 fully saturated rings. The molecule has 0 radical (unpaired) electrons. The first-order chi connectivity index (χ1) is 16.6. The Kier molecular flexibility index (Phi) is 9.77. The standard InChI is InChI=1S/C15H18BrNO2.C12H13NO2/c16-8-1-9-19-14-4-2-13(3-5-14)15(12-17)6-10-18-11-7-15;13-9-12(5-7-15-8-6-12)10-1-3-11(14)4-2-10/h2-5H,1,6-11H2;1-4,14H,5-8H2. The van der Waals surface area contributed by atoms with Gasteiger partial charge in [-0.2, -0.15) is 10.5 Å². The molecule has 0 atom stereocenters. The molecule has 2 heterocycles. The summed E-state index contributed by atoms with van der Waals surface area (Å²) in [5.41, 5.74) is 1.25. The number of halogens is 1. The summed E-state index contributed by atoms with van der Waals surface area (Å²) in [5.74, 6) is 1.10. The van der Waals surface area contributed by atoms with Crippen LogP contribution in [0.1, 0.15) is 43.2 Å². The Morgan fingerprint density at radius 3 is 1.65 bits per heavy atom. The van der Waals surface area contributed by atoms with Crippen molar-refractivity contribution in [3.63, 3.8) is 0 Å². The van der Waals surface area contributed by atoms with Crippen LogP contribution in [0, 0.1) is 22.7 Å². The number of hydrogen-bond donors (Lipinski definition) is 1. The predicted octanol–water partition coefficient (Wildman–Crippen LogP) is 5.39. The van der Waals surface area contributed by atoms with Crippen molar-refractivity contribution in [1.82, 2.24) is 0 Å². The number of nitriles is 2. The van der Waals surface area contributed by atoms with Crippen LogP contribution in [0.15, 0.2) is 48.5 Å². The second-order valence-electron chi connectivity index (χ2n) is 8.57. The third-order valence-corrected chi connectivity index (χ3v) is 7.05. The van der Waals surface area contributed by atoms with Crippen LogP contribution in [0.3, 0.4) is 0 Å². The molecule has 34 heavy (non-hydrogen) atoms. The fourth-order valence-corrected chi connectivity index (χ4v) is 4.49. The zero-order valence-electron chi connectivity index (χ0n) is 19.3. The van der Waals surface area contributed by atoms with Gasteiger partial charge in [0.05, 0.1) is 29.6 Å². The molecule has 2 saturated heterocycles. The lowest BCUT2D eigenvalue weighted by Crippen LogP contribution is -2.32. The van der Waals surface area contributed by atoms with E-state index in [2.05, 4.69) is 28.1 Å². The van der Waals surface area contributed by atoms with Crippen LogP contribution in [0.4, 0.5) is 0 Å². The van der Waals surface area contributed by atoms with E-state index >= 15 is 0 Å². The van der Waals surface area contributed by atoms with E-state index in [-0.39, 0.29) is 11.2 Å². The molecule has 4 rings (SSSR count). The highest BCUT2D eigenvalue weighted by Crippen LogP contribution is 2.35. The summed E-state index contributed by atoms with van der Waals surface area (Å²) in [6.45, 7) is 3.30. The van der Waals surface area contributed by atoms with Gasteiger partial charge < -0.3 is 19.3 Å². The topological polar surface area (TPSA) is 95.5 Å². The maximum absolute atomic E-state index is 9.50. The van der Waals surface area contributed by atoms with Crippen LogP contribution < -0.4 is 4.74 Å². The predicted molar refractivity (Wildman–Crippen MR) is 133 cm³/mol. The maximum atomic E-state index is 9.50. The Morgan fingerprint density at radius 1 is 0.794 bits per heavy atom. The molecule has 0 unspecified atom stereocenters. The van der Waals surface area contributed by atoms with Gasteiger partial charge in [0.15, 0.2) is 0 Å². The first kappa shape index (κ1) is 26.0. The Bertz CT molecular complexity index is 968. The fourth-order valence-electron chi connectivity index (χ4n) is 4.27. The molecular weight excluding hydrogens is 496 g/mol. The quantitative estimate of drug-likeness (QED) is 0.400. The number of phenolic OH excluding ortho intramolecular Hbond substituents is 1. The second kappa shape index (κ2) is 12.8. The fraction of sp³-hybridized carbons (Fsp3) is 0.481. The van der Waals surface area contributed by atoms with Gasteiger partial charge in [-0.15, -0.1) is 0 Å². The van der Waals surface area contributed by atoms with Gasteiger partial charge in [0.1, 0.15) is 11.5 Å². The highest BCUT2D eigenvalue weighted by atomic mass is 79.9. The largest absolute Gasteiger partial charge is 0.508 e. The SMILES string of the molecule is N#CC1(c2ccc(O)cc2)CCOCC1.N#CC1(c2ccc(OCCCBr)cc2)CCOCC1. The minimum Gasteiger partial charge on any atom is -0.508 e. The van der Waals surface area contributed by atoms with Gasteiger partial charge in [-0.3, -0.25) is 0 Å². The molecule has 2 aromatic carbocycles. The van der Waals surface area contributed by atoms with Gasteiger partial charge in [0.25, 0.3) is 0 Å². The molecule has 6 nitrogen and oxygen atoms in total. The first-order valence-electron chi connectivity index (χ1n) is 11.6. The Hall–Kier alpha value is -2.58. The molecule has 0 amide bonds. The van der Waals surface area contributed by atoms with E-state index in [4.69, 9.17) is 14.2 Å². The van der Waals surface area contributed by atoms with Crippen LogP contribution in [0.2, 0.25) is 0 Å². The summed E-state index contributed by atoms with van der Waals surface area (Å²) in [6.07, 6.45) is 3.99. The smallest absolute Gasteiger partial charge is 0.119 e. The van der Waals surface area contributed by atoms with E-state index in [1.165, 1.54) is 0 Å². The molecule has 2 aromatic rings. The lowest BCUT2D eigenvalue weighted by atomic mass is 9.75. The summed E-state index contributed by atoms with van der Waals surface area (Å²) >= 11 is 3.38. The molecular formula is C27H31BrN2O4. The number of aromatic hydroxyl groups is 1. The number of benzene rings is 2. The monoisotopic (exact) mass is 526 g/mol. The van der Waals surface area contributed by atoms with Crippen molar-refractivity contribution in [2.75, 3.05) is 38.4 Å². The zero-order valence-corrected chi connectivity index (χ0v) is 20.9. The molecule has 0 aliphatic carbocycles. The van der Waals surface area contributed by atoms with Crippen LogP contribution in [-0.2, 0) is 20.3 Å². The van der Waals surface area contributed by atoms with Crippen molar-refractivity contribution >= 4 is 15.9 Å². The third kappa shape index (κ3) is 6.51. The van der Waals surface area contributed by atoms with Crippen LogP contribution in [0.5, 0.6) is 11.5 Å². The molecule has 180 valence electrons. The van der Waals surface area contributed by atoms with Gasteiger partial charge in [0.2, 0.25) is 0 Å². The van der Waals surface area contributed by atoms with Crippen LogP contribution in [0.25, 0.3) is 0 Å². The van der Waals surface area contributed by atoms with Crippen molar-refractivity contribution in [3.8, 4) is 23.6 Å². The first-order valence-corrected chi connectivity index (χ1v) is 12.8. The molecule has 2 aliphatic heterocycles. The molecule has 7 heteroatoms. The highest BCUT2D eigenvalue weighted by Gasteiger charge is 2.35. The number of ether oxygens (including phenoxy) is 3. The lowest BCUT2D eigenvalue weighted by Gasteiger charge is -2.31. The Balaban J connectivity index is 0.000000196. The number of rotatable bonds is 6. The maximum Gasteiger partial charge on any atom is 0.119 e. The van der Waals surface area contributed by atoms with Gasteiger partial charge in [-0.25, -0.2) is 0 Å². The van der Waals surface area contributed by atoms with Crippen LogP contribution >= 0.6 is 15.9 Å². The molecule has 0 bridgehead atoms. The molecule has 1 N–H and O–H groups in total. The van der Waals surface area contributed by atoms with E-state index in [1.807, 2.05) is 36.4 Å². The van der Waals surface area contributed by atoms with E-state index in [9.17, 15) is 15.6 Å². The zero-order chi connectivity index (χ0) is 24.3. The summed E-state index contributed by atoms with van der Waals surface area (Å²) in [5, 5.41) is 28.9. The summed E-state index contributed by atoms with van der Waals surface area (Å²) in [4.78, 5) is 0. The average Bonchev–Trinajstić information content (AvgIpc) is 2.91. The van der Waals surface area contributed by atoms with Crippen molar-refractivity contribution in [3.05, 3.63) is 59.7 Å². The molecule has 0 spiro atoms. The summed E-state index contributed by atoms with van der Waals surface area (Å²) in [7, 11) is 0. The second-order valence-corrected chi connectivity index (χ2v) is 9.37. The van der Waals surface area contributed by atoms with Crippen molar-refractivity contribution in [2.45, 2.75) is 42.9 Å². The summed E-state index contributed by atoms with van der Waals surface area (Å²) in [6, 6.07) is 19.7. The minimum absolute atomic E-state index is 0.235. The number of phenols is 1. The van der Waals surface area contributed by atoms with Gasteiger partial charge in [-0.1, -0.05) is 40.2 Å². The molecule has 0 saturated carbocycles. The Morgan fingerprint density at radius 2 is 1.24 bits per heavy atom. The van der Waals surface area contributed by atoms with Crippen LogP contribution in [-0.4, -0.2) is 43.5 Å². The normalized spacial score (nSPS) is 18.4. The third-order valence-electron chi connectivity index (χ3n) is 6.49. The Labute approximate surface area is 210 Å². The lowest BCUT2D eigenvalue weighted by molar-refractivity contribution is 0.0674. The van der Waals surface area contributed by atoms with E-state index in [0.717, 1.165) is 54.3 Å². The van der Waals surface area contributed by atoms with Gasteiger partial charge in [0, 0.05) is 31.8 Å². The van der Waals surface area contributed by atoms with Crippen molar-refractivity contribution < 1.29 is 19.3 Å². The van der Waals surface area contributed by atoms with E-state index < -0.39 is 5.41 Å². The van der Waals surface area contributed by atoms with Gasteiger partial charge in [-0.05, 0) is 67.5 Å².